The van der Waals surface area contributed by atoms with Gasteiger partial charge in [-0.25, -0.2) is 12.8 Å². The van der Waals surface area contributed by atoms with Crippen molar-refractivity contribution in [3.8, 4) is 0 Å². The number of rotatable bonds is 7. The zero-order valence-electron chi connectivity index (χ0n) is 10.8. The standard InChI is InChI=1S/C12H19FN2O3S/c1-2-3-6-15(7-8-16)19(17,18)12-9-10(13)4-5-11(12)14/h4-5,9,16H,2-3,6-8,14H2,1H3. The number of aliphatic hydroxyl groups is 1. The third-order valence-corrected chi connectivity index (χ3v) is 4.66. The van der Waals surface area contributed by atoms with Crippen molar-refractivity contribution in [1.82, 2.24) is 4.31 Å². The summed E-state index contributed by atoms with van der Waals surface area (Å²) in [4.78, 5) is -0.253. The molecule has 0 saturated heterocycles. The molecule has 1 aromatic rings. The second kappa shape index (κ2) is 6.83. The molecule has 0 spiro atoms. The zero-order chi connectivity index (χ0) is 14.5. The summed E-state index contributed by atoms with van der Waals surface area (Å²) in [6.07, 6.45) is 1.48. The fraction of sp³-hybridized carbons (Fsp3) is 0.500. The lowest BCUT2D eigenvalue weighted by Crippen LogP contribution is -2.35. The summed E-state index contributed by atoms with van der Waals surface area (Å²) in [6, 6.07) is 3.23. The fourth-order valence-electron chi connectivity index (χ4n) is 1.67. The lowest BCUT2D eigenvalue weighted by molar-refractivity contribution is 0.252. The van der Waals surface area contributed by atoms with E-state index in [-0.39, 0.29) is 30.3 Å². The summed E-state index contributed by atoms with van der Waals surface area (Å²) in [5, 5.41) is 8.96. The molecule has 0 atom stereocenters. The van der Waals surface area contributed by atoms with Gasteiger partial charge in [0.25, 0.3) is 0 Å². The Balaban J connectivity index is 3.14. The summed E-state index contributed by atoms with van der Waals surface area (Å²) in [6.45, 7) is 1.88. The monoisotopic (exact) mass is 290 g/mol. The van der Waals surface area contributed by atoms with Crippen molar-refractivity contribution in [2.45, 2.75) is 24.7 Å². The first-order chi connectivity index (χ1) is 8.93. The number of benzene rings is 1. The van der Waals surface area contributed by atoms with Crippen molar-refractivity contribution in [3.63, 3.8) is 0 Å². The Labute approximate surface area is 112 Å². The second-order valence-corrected chi connectivity index (χ2v) is 6.07. The van der Waals surface area contributed by atoms with Gasteiger partial charge in [-0.05, 0) is 24.6 Å². The Hall–Kier alpha value is -1.18. The van der Waals surface area contributed by atoms with Crippen molar-refractivity contribution in [1.29, 1.82) is 0 Å². The largest absolute Gasteiger partial charge is 0.398 e. The summed E-state index contributed by atoms with van der Waals surface area (Å²) in [5.41, 5.74) is 5.60. The molecule has 0 fully saturated rings. The third-order valence-electron chi connectivity index (χ3n) is 2.70. The quantitative estimate of drug-likeness (QED) is 0.739. The van der Waals surface area contributed by atoms with E-state index >= 15 is 0 Å². The van der Waals surface area contributed by atoms with E-state index < -0.39 is 15.8 Å². The SMILES string of the molecule is CCCCN(CCO)S(=O)(=O)c1cc(F)ccc1N. The van der Waals surface area contributed by atoms with Gasteiger partial charge in [0.05, 0.1) is 12.3 Å². The highest BCUT2D eigenvalue weighted by Crippen LogP contribution is 2.23. The van der Waals surface area contributed by atoms with Crippen molar-refractivity contribution >= 4 is 15.7 Å². The Bertz CT molecular complexity index is 520. The molecular weight excluding hydrogens is 271 g/mol. The molecule has 0 bridgehead atoms. The maximum Gasteiger partial charge on any atom is 0.245 e. The van der Waals surface area contributed by atoms with Gasteiger partial charge in [0.1, 0.15) is 10.7 Å². The second-order valence-electron chi connectivity index (χ2n) is 4.16. The number of aliphatic hydroxyl groups excluding tert-OH is 1. The first-order valence-electron chi connectivity index (χ1n) is 6.09. The predicted octanol–water partition coefficient (Wildman–Crippen LogP) is 1.19. The highest BCUT2D eigenvalue weighted by molar-refractivity contribution is 7.89. The minimum Gasteiger partial charge on any atom is -0.398 e. The molecule has 19 heavy (non-hydrogen) atoms. The summed E-state index contributed by atoms with van der Waals surface area (Å²) >= 11 is 0. The molecule has 0 amide bonds. The number of hydrogen-bond acceptors (Lipinski definition) is 4. The van der Waals surface area contributed by atoms with Gasteiger partial charge in [-0.1, -0.05) is 13.3 Å². The Morgan fingerprint density at radius 2 is 2.05 bits per heavy atom. The Morgan fingerprint density at radius 1 is 1.37 bits per heavy atom. The first kappa shape index (κ1) is 15.9. The number of nitrogen functional groups attached to an aromatic ring is 1. The Morgan fingerprint density at radius 3 is 2.63 bits per heavy atom. The number of sulfonamides is 1. The number of anilines is 1. The summed E-state index contributed by atoms with van der Waals surface area (Å²) in [5.74, 6) is -0.660. The number of halogens is 1. The van der Waals surface area contributed by atoms with E-state index in [1.165, 1.54) is 6.07 Å². The summed E-state index contributed by atoms with van der Waals surface area (Å²) in [7, 11) is -3.88. The molecule has 0 radical (unpaired) electrons. The Kier molecular flexibility index (Phi) is 5.71. The van der Waals surface area contributed by atoms with Gasteiger partial charge in [0, 0.05) is 13.1 Å². The smallest absolute Gasteiger partial charge is 0.245 e. The maximum atomic E-state index is 13.2. The van der Waals surface area contributed by atoms with Gasteiger partial charge in [0.2, 0.25) is 10.0 Å². The number of nitrogens with two attached hydrogens (primary N) is 1. The van der Waals surface area contributed by atoms with Crippen LogP contribution in [0.4, 0.5) is 10.1 Å². The molecule has 1 aromatic carbocycles. The van der Waals surface area contributed by atoms with Gasteiger partial charge in [-0.2, -0.15) is 4.31 Å². The lowest BCUT2D eigenvalue weighted by Gasteiger charge is -2.21. The molecule has 3 N–H and O–H groups in total. The highest BCUT2D eigenvalue weighted by atomic mass is 32.2. The number of hydrogen-bond donors (Lipinski definition) is 2. The van der Waals surface area contributed by atoms with Crippen LogP contribution in [0.25, 0.3) is 0 Å². The summed E-state index contributed by atoms with van der Waals surface area (Å²) < 4.78 is 39.1. The van der Waals surface area contributed by atoms with E-state index in [0.717, 1.165) is 22.9 Å². The van der Waals surface area contributed by atoms with Gasteiger partial charge in [0.15, 0.2) is 0 Å². The van der Waals surface area contributed by atoms with Crippen LogP contribution in [0.15, 0.2) is 23.1 Å². The van der Waals surface area contributed by atoms with Crippen LogP contribution in [0.3, 0.4) is 0 Å². The number of nitrogens with zero attached hydrogens (tertiary/aromatic N) is 1. The van der Waals surface area contributed by atoms with Crippen LogP contribution in [0.2, 0.25) is 0 Å². The van der Waals surface area contributed by atoms with Crippen molar-refractivity contribution in [2.75, 3.05) is 25.4 Å². The van der Waals surface area contributed by atoms with Gasteiger partial charge >= 0.3 is 0 Å². The molecule has 0 saturated carbocycles. The van der Waals surface area contributed by atoms with Crippen LogP contribution in [-0.2, 0) is 10.0 Å². The van der Waals surface area contributed by atoms with Crippen LogP contribution in [0, 0.1) is 5.82 Å². The average Bonchev–Trinajstić information content (AvgIpc) is 2.37. The average molecular weight is 290 g/mol. The highest BCUT2D eigenvalue weighted by Gasteiger charge is 2.26. The lowest BCUT2D eigenvalue weighted by atomic mass is 10.3. The van der Waals surface area contributed by atoms with Crippen molar-refractivity contribution < 1.29 is 17.9 Å². The van der Waals surface area contributed by atoms with Crippen molar-refractivity contribution in [3.05, 3.63) is 24.0 Å². The third kappa shape index (κ3) is 3.89. The molecule has 7 heteroatoms. The predicted molar refractivity (Wildman–Crippen MR) is 71.6 cm³/mol. The van der Waals surface area contributed by atoms with E-state index in [1.54, 1.807) is 0 Å². The van der Waals surface area contributed by atoms with E-state index in [1.807, 2.05) is 6.92 Å². The van der Waals surface area contributed by atoms with E-state index in [0.29, 0.717) is 6.42 Å². The molecule has 0 heterocycles. The van der Waals surface area contributed by atoms with Crippen LogP contribution < -0.4 is 5.73 Å². The van der Waals surface area contributed by atoms with Crippen LogP contribution in [0.5, 0.6) is 0 Å². The van der Waals surface area contributed by atoms with Gasteiger partial charge in [-0.15, -0.1) is 0 Å². The van der Waals surface area contributed by atoms with Gasteiger partial charge in [-0.3, -0.25) is 0 Å². The molecule has 0 aliphatic heterocycles. The van der Waals surface area contributed by atoms with E-state index in [2.05, 4.69) is 0 Å². The maximum absolute atomic E-state index is 13.2. The molecule has 0 aliphatic carbocycles. The molecular formula is C12H19FN2O3S. The van der Waals surface area contributed by atoms with Crippen LogP contribution >= 0.6 is 0 Å². The van der Waals surface area contributed by atoms with Crippen LogP contribution in [0.1, 0.15) is 19.8 Å². The van der Waals surface area contributed by atoms with E-state index in [4.69, 9.17) is 10.8 Å². The minimum atomic E-state index is -3.88. The fourth-order valence-corrected chi connectivity index (χ4v) is 3.27. The molecule has 1 rings (SSSR count). The normalized spacial score (nSPS) is 12.0. The minimum absolute atomic E-state index is 0.000776. The van der Waals surface area contributed by atoms with Gasteiger partial charge < -0.3 is 10.8 Å². The zero-order valence-corrected chi connectivity index (χ0v) is 11.7. The molecule has 0 aromatic heterocycles. The molecule has 108 valence electrons. The molecule has 5 nitrogen and oxygen atoms in total. The van der Waals surface area contributed by atoms with Crippen LogP contribution in [-0.4, -0.2) is 37.5 Å². The topological polar surface area (TPSA) is 83.6 Å². The molecule has 0 aliphatic rings. The molecule has 0 unspecified atom stereocenters. The van der Waals surface area contributed by atoms with Crippen molar-refractivity contribution in [2.24, 2.45) is 0 Å². The number of unbranched alkanes of at least 4 members (excludes halogenated alkanes) is 1. The first-order valence-corrected chi connectivity index (χ1v) is 7.53. The van der Waals surface area contributed by atoms with E-state index in [9.17, 15) is 12.8 Å².